The van der Waals surface area contributed by atoms with E-state index in [1.54, 1.807) is 32.4 Å². The molecule has 8 nitrogen and oxygen atoms in total. The highest BCUT2D eigenvalue weighted by Crippen LogP contribution is 2.31. The molecule has 1 atom stereocenters. The first kappa shape index (κ1) is 22.0. The predicted octanol–water partition coefficient (Wildman–Crippen LogP) is 2.56. The van der Waals surface area contributed by atoms with Crippen molar-refractivity contribution in [2.24, 2.45) is 0 Å². The van der Waals surface area contributed by atoms with Crippen LogP contribution >= 0.6 is 0 Å². The number of aromatic nitrogens is 2. The van der Waals surface area contributed by atoms with Gasteiger partial charge in [-0.05, 0) is 51.3 Å². The first-order valence-electron chi connectivity index (χ1n) is 11.0. The smallest absolute Gasteiger partial charge is 0.257 e. The topological polar surface area (TPSA) is 93.7 Å². The van der Waals surface area contributed by atoms with Crippen LogP contribution in [0, 0.1) is 13.8 Å². The molecule has 1 aromatic heterocycles. The summed E-state index contributed by atoms with van der Waals surface area (Å²) in [4.78, 5) is 36.7. The highest BCUT2D eigenvalue weighted by atomic mass is 16.5. The van der Waals surface area contributed by atoms with Gasteiger partial charge in [0, 0.05) is 42.0 Å². The van der Waals surface area contributed by atoms with E-state index in [2.05, 4.69) is 5.32 Å². The quantitative estimate of drug-likeness (QED) is 0.714. The van der Waals surface area contributed by atoms with Crippen LogP contribution in [0.3, 0.4) is 0 Å². The van der Waals surface area contributed by atoms with E-state index >= 15 is 0 Å². The maximum atomic E-state index is 13.2. The number of amides is 2. The van der Waals surface area contributed by atoms with Crippen LogP contribution < -0.4 is 14.8 Å². The molecule has 0 spiro atoms. The summed E-state index contributed by atoms with van der Waals surface area (Å²) < 4.78 is 10.7. The molecule has 0 bridgehead atoms. The number of hydrogen-bond acceptors (Lipinski definition) is 6. The molecule has 4 rings (SSSR count). The summed E-state index contributed by atoms with van der Waals surface area (Å²) in [7, 11) is 3.13. The maximum Gasteiger partial charge on any atom is 0.257 e. The van der Waals surface area contributed by atoms with Gasteiger partial charge in [-0.15, -0.1) is 0 Å². The van der Waals surface area contributed by atoms with E-state index in [0.717, 1.165) is 42.0 Å². The molecule has 2 aliphatic rings. The fourth-order valence-electron chi connectivity index (χ4n) is 4.18. The molecule has 1 unspecified atom stereocenters. The van der Waals surface area contributed by atoms with Crippen molar-refractivity contribution in [3.05, 3.63) is 46.5 Å². The molecular formula is C24H30N4O4. The van der Waals surface area contributed by atoms with Gasteiger partial charge in [-0.1, -0.05) is 0 Å². The third-order valence-corrected chi connectivity index (χ3v) is 6.20. The molecule has 1 aliphatic heterocycles. The van der Waals surface area contributed by atoms with Crippen LogP contribution in [0.1, 0.15) is 58.3 Å². The number of nitrogens with one attached hydrogen (secondary N) is 1. The molecule has 2 aromatic rings. The molecule has 8 heteroatoms. The van der Waals surface area contributed by atoms with Crippen molar-refractivity contribution < 1.29 is 19.1 Å². The molecule has 1 saturated heterocycles. The molecular weight excluding hydrogens is 408 g/mol. The molecule has 0 radical (unpaired) electrons. The van der Waals surface area contributed by atoms with E-state index < -0.39 is 0 Å². The SMILES string of the molecule is COc1ccc(OC)c(C(=O)N2CCC(c3nc(C)c(CC(=O)NC4CC4)c(C)n3)C2)c1. The Morgan fingerprint density at radius 3 is 2.44 bits per heavy atom. The Bertz CT molecular complexity index is 1010. The molecule has 1 aromatic carbocycles. The lowest BCUT2D eigenvalue weighted by atomic mass is 10.0. The standard InChI is InChI=1S/C24H30N4O4/c1-14-19(12-22(29)27-17-5-6-17)15(2)26-23(25-14)16-9-10-28(13-16)24(30)20-11-18(31-3)7-8-21(20)32-4/h7-8,11,16-17H,5-6,9-10,12-13H2,1-4H3,(H,27,29). The van der Waals surface area contributed by atoms with Crippen LogP contribution in [0.4, 0.5) is 0 Å². The summed E-state index contributed by atoms with van der Waals surface area (Å²) in [6.07, 6.45) is 3.23. The lowest BCUT2D eigenvalue weighted by molar-refractivity contribution is -0.120. The Labute approximate surface area is 188 Å². The Balaban J connectivity index is 1.47. The van der Waals surface area contributed by atoms with E-state index in [4.69, 9.17) is 19.4 Å². The Morgan fingerprint density at radius 2 is 1.81 bits per heavy atom. The highest BCUT2D eigenvalue weighted by Gasteiger charge is 2.32. The predicted molar refractivity (Wildman–Crippen MR) is 119 cm³/mol. The van der Waals surface area contributed by atoms with Gasteiger partial charge in [0.15, 0.2) is 0 Å². The van der Waals surface area contributed by atoms with E-state index in [-0.39, 0.29) is 17.7 Å². The van der Waals surface area contributed by atoms with Gasteiger partial charge in [0.05, 0.1) is 26.2 Å². The fraction of sp³-hybridized carbons (Fsp3) is 0.500. The summed E-state index contributed by atoms with van der Waals surface area (Å²) in [6, 6.07) is 5.57. The number of carbonyl (C=O) groups excluding carboxylic acids is 2. The first-order chi connectivity index (χ1) is 15.4. The normalized spacial score (nSPS) is 17.9. The number of hydrogen-bond donors (Lipinski definition) is 1. The van der Waals surface area contributed by atoms with Gasteiger partial charge in [0.1, 0.15) is 17.3 Å². The zero-order chi connectivity index (χ0) is 22.8. The van der Waals surface area contributed by atoms with E-state index in [1.807, 2.05) is 18.7 Å². The number of aryl methyl sites for hydroxylation is 2. The first-order valence-corrected chi connectivity index (χ1v) is 11.0. The molecule has 1 saturated carbocycles. The summed E-state index contributed by atoms with van der Waals surface area (Å²) >= 11 is 0. The Hall–Kier alpha value is -3.16. The second kappa shape index (κ2) is 9.14. The van der Waals surface area contributed by atoms with Crippen LogP contribution in [0.25, 0.3) is 0 Å². The third kappa shape index (κ3) is 4.69. The highest BCUT2D eigenvalue weighted by molar-refractivity contribution is 5.97. The van der Waals surface area contributed by atoms with Gasteiger partial charge < -0.3 is 19.7 Å². The van der Waals surface area contributed by atoms with Crippen LogP contribution in [-0.4, -0.2) is 60.0 Å². The molecule has 170 valence electrons. The average Bonchev–Trinajstić information content (AvgIpc) is 3.45. The minimum Gasteiger partial charge on any atom is -0.497 e. The van der Waals surface area contributed by atoms with E-state index in [1.165, 1.54) is 0 Å². The monoisotopic (exact) mass is 438 g/mol. The van der Waals surface area contributed by atoms with E-state index in [0.29, 0.717) is 42.6 Å². The van der Waals surface area contributed by atoms with Crippen LogP contribution in [0.5, 0.6) is 11.5 Å². The van der Waals surface area contributed by atoms with Crippen molar-refractivity contribution in [2.75, 3.05) is 27.3 Å². The summed E-state index contributed by atoms with van der Waals surface area (Å²) in [6.45, 7) is 5.02. The zero-order valence-electron chi connectivity index (χ0n) is 19.1. The molecule has 2 heterocycles. The van der Waals surface area contributed by atoms with Crippen molar-refractivity contribution in [3.63, 3.8) is 0 Å². The summed E-state index contributed by atoms with van der Waals surface area (Å²) in [5.74, 6) is 1.86. The molecule has 2 amide bonds. The number of nitrogens with zero attached hydrogens (tertiary/aromatic N) is 3. The Morgan fingerprint density at radius 1 is 1.09 bits per heavy atom. The van der Waals surface area contributed by atoms with Crippen molar-refractivity contribution in [2.45, 2.75) is 51.5 Å². The van der Waals surface area contributed by atoms with Gasteiger partial charge in [-0.3, -0.25) is 9.59 Å². The second-order valence-corrected chi connectivity index (χ2v) is 8.55. The largest absolute Gasteiger partial charge is 0.497 e. The van der Waals surface area contributed by atoms with Crippen molar-refractivity contribution in [1.82, 2.24) is 20.2 Å². The lowest BCUT2D eigenvalue weighted by Crippen LogP contribution is -2.29. The van der Waals surface area contributed by atoms with Crippen molar-refractivity contribution in [3.8, 4) is 11.5 Å². The van der Waals surface area contributed by atoms with Gasteiger partial charge in [0.2, 0.25) is 5.91 Å². The summed E-state index contributed by atoms with van der Waals surface area (Å²) in [5, 5.41) is 3.02. The molecule has 1 aliphatic carbocycles. The van der Waals surface area contributed by atoms with Crippen molar-refractivity contribution in [1.29, 1.82) is 0 Å². The number of ether oxygens (including phenoxy) is 2. The number of benzene rings is 1. The van der Waals surface area contributed by atoms with Crippen LogP contribution in [0.15, 0.2) is 18.2 Å². The molecule has 32 heavy (non-hydrogen) atoms. The minimum absolute atomic E-state index is 0.0277. The molecule has 2 fully saturated rings. The van der Waals surface area contributed by atoms with Crippen molar-refractivity contribution >= 4 is 11.8 Å². The van der Waals surface area contributed by atoms with Gasteiger partial charge in [-0.2, -0.15) is 0 Å². The summed E-state index contributed by atoms with van der Waals surface area (Å²) in [5.41, 5.74) is 3.03. The van der Waals surface area contributed by atoms with Gasteiger partial charge >= 0.3 is 0 Å². The number of likely N-dealkylation sites (tertiary alicyclic amines) is 1. The lowest BCUT2D eigenvalue weighted by Gasteiger charge is -2.19. The number of rotatable bonds is 7. The van der Waals surface area contributed by atoms with Crippen LogP contribution in [-0.2, 0) is 11.2 Å². The maximum absolute atomic E-state index is 13.2. The second-order valence-electron chi connectivity index (χ2n) is 8.55. The van der Waals surface area contributed by atoms with Gasteiger partial charge in [-0.25, -0.2) is 9.97 Å². The number of methoxy groups -OCH3 is 2. The average molecular weight is 439 g/mol. The third-order valence-electron chi connectivity index (χ3n) is 6.20. The van der Waals surface area contributed by atoms with E-state index in [9.17, 15) is 9.59 Å². The fourth-order valence-corrected chi connectivity index (χ4v) is 4.18. The zero-order valence-corrected chi connectivity index (χ0v) is 19.1. The van der Waals surface area contributed by atoms with Crippen LogP contribution in [0.2, 0.25) is 0 Å². The molecule has 1 N–H and O–H groups in total. The number of carbonyl (C=O) groups is 2. The minimum atomic E-state index is -0.0925. The van der Waals surface area contributed by atoms with Gasteiger partial charge in [0.25, 0.3) is 5.91 Å². The Kier molecular flexibility index (Phi) is 6.30.